The smallest absolute Gasteiger partial charge is 0.161 e. The monoisotopic (exact) mass is 278 g/mol. The van der Waals surface area contributed by atoms with Crippen molar-refractivity contribution in [1.82, 2.24) is 0 Å². The van der Waals surface area contributed by atoms with Crippen LogP contribution in [0.15, 0.2) is 48.5 Å². The maximum absolute atomic E-state index is 10.0. The largest absolute Gasteiger partial charge is 0.493 e. The molecule has 0 fully saturated rings. The zero-order valence-corrected chi connectivity index (χ0v) is 11.3. The summed E-state index contributed by atoms with van der Waals surface area (Å²) in [5, 5.41) is 10.6. The summed E-state index contributed by atoms with van der Waals surface area (Å²) in [6, 6.07) is 14.4. The van der Waals surface area contributed by atoms with Gasteiger partial charge in [-0.15, -0.1) is 0 Å². The van der Waals surface area contributed by atoms with Gasteiger partial charge in [0.05, 0.1) is 7.11 Å². The number of para-hydroxylation sites is 2. The molecule has 0 aliphatic rings. The SMILES string of the molecule is COc1ccccc1OCC(O)c1cccc(Cl)c1. The van der Waals surface area contributed by atoms with E-state index >= 15 is 0 Å². The molecule has 3 nitrogen and oxygen atoms in total. The summed E-state index contributed by atoms with van der Waals surface area (Å²) in [6.45, 7) is 0.140. The molecule has 1 atom stereocenters. The average molecular weight is 279 g/mol. The number of methoxy groups -OCH3 is 1. The molecule has 1 unspecified atom stereocenters. The number of aliphatic hydroxyl groups is 1. The van der Waals surface area contributed by atoms with Crippen LogP contribution in [0.25, 0.3) is 0 Å². The minimum absolute atomic E-state index is 0.140. The highest BCUT2D eigenvalue weighted by Crippen LogP contribution is 2.27. The molecule has 2 aromatic carbocycles. The third-order valence-electron chi connectivity index (χ3n) is 2.70. The highest BCUT2D eigenvalue weighted by molar-refractivity contribution is 6.30. The number of aliphatic hydroxyl groups excluding tert-OH is 1. The topological polar surface area (TPSA) is 38.7 Å². The quantitative estimate of drug-likeness (QED) is 0.910. The first-order valence-electron chi connectivity index (χ1n) is 5.90. The Morgan fingerprint density at radius 3 is 2.53 bits per heavy atom. The molecule has 0 aliphatic heterocycles. The molecular formula is C15H15ClO3. The zero-order valence-electron chi connectivity index (χ0n) is 10.5. The molecule has 0 heterocycles. The Balaban J connectivity index is 2.02. The van der Waals surface area contributed by atoms with Crippen LogP contribution < -0.4 is 9.47 Å². The lowest BCUT2D eigenvalue weighted by Crippen LogP contribution is -2.10. The van der Waals surface area contributed by atoms with E-state index in [1.807, 2.05) is 18.2 Å². The fourth-order valence-electron chi connectivity index (χ4n) is 1.72. The van der Waals surface area contributed by atoms with Crippen LogP contribution >= 0.6 is 11.6 Å². The molecule has 2 rings (SSSR count). The molecule has 0 saturated heterocycles. The summed E-state index contributed by atoms with van der Waals surface area (Å²) in [7, 11) is 1.58. The Labute approximate surface area is 117 Å². The van der Waals surface area contributed by atoms with Crippen molar-refractivity contribution >= 4 is 11.6 Å². The van der Waals surface area contributed by atoms with Crippen molar-refractivity contribution in [3.63, 3.8) is 0 Å². The van der Waals surface area contributed by atoms with E-state index in [1.54, 1.807) is 37.4 Å². The van der Waals surface area contributed by atoms with Crippen molar-refractivity contribution in [2.45, 2.75) is 6.10 Å². The molecule has 1 N–H and O–H groups in total. The first-order valence-corrected chi connectivity index (χ1v) is 6.28. The van der Waals surface area contributed by atoms with E-state index < -0.39 is 6.10 Å². The fourth-order valence-corrected chi connectivity index (χ4v) is 1.92. The third kappa shape index (κ3) is 3.63. The van der Waals surface area contributed by atoms with Gasteiger partial charge in [0, 0.05) is 5.02 Å². The Bertz CT molecular complexity index is 542. The van der Waals surface area contributed by atoms with Gasteiger partial charge in [-0.05, 0) is 29.8 Å². The van der Waals surface area contributed by atoms with Gasteiger partial charge in [-0.2, -0.15) is 0 Å². The highest BCUT2D eigenvalue weighted by Gasteiger charge is 2.10. The molecule has 4 heteroatoms. The fraction of sp³-hybridized carbons (Fsp3) is 0.200. The standard InChI is InChI=1S/C15H15ClO3/c1-18-14-7-2-3-8-15(14)19-10-13(17)11-5-4-6-12(16)9-11/h2-9,13,17H,10H2,1H3. The number of ether oxygens (including phenoxy) is 2. The number of halogens is 1. The molecule has 0 saturated carbocycles. The lowest BCUT2D eigenvalue weighted by Gasteiger charge is -2.14. The van der Waals surface area contributed by atoms with E-state index in [9.17, 15) is 5.11 Å². The minimum atomic E-state index is -0.733. The zero-order chi connectivity index (χ0) is 13.7. The van der Waals surface area contributed by atoms with Gasteiger partial charge in [0.25, 0.3) is 0 Å². The predicted molar refractivity (Wildman–Crippen MR) is 74.9 cm³/mol. The van der Waals surface area contributed by atoms with E-state index in [4.69, 9.17) is 21.1 Å². The van der Waals surface area contributed by atoms with Crippen molar-refractivity contribution in [2.75, 3.05) is 13.7 Å². The van der Waals surface area contributed by atoms with Crippen molar-refractivity contribution < 1.29 is 14.6 Å². The van der Waals surface area contributed by atoms with E-state index in [1.165, 1.54) is 0 Å². The second-order valence-corrected chi connectivity index (χ2v) is 4.47. The number of hydrogen-bond donors (Lipinski definition) is 1. The summed E-state index contributed by atoms with van der Waals surface area (Å²) in [5.74, 6) is 1.24. The molecule has 0 radical (unpaired) electrons. The average Bonchev–Trinajstić information content (AvgIpc) is 2.45. The summed E-state index contributed by atoms with van der Waals surface area (Å²) < 4.78 is 10.7. The van der Waals surface area contributed by atoms with Crippen molar-refractivity contribution in [2.24, 2.45) is 0 Å². The highest BCUT2D eigenvalue weighted by atomic mass is 35.5. The number of rotatable bonds is 5. The van der Waals surface area contributed by atoms with Crippen molar-refractivity contribution in [3.8, 4) is 11.5 Å². The molecule has 0 bridgehead atoms. The molecule has 0 spiro atoms. The molecule has 2 aromatic rings. The van der Waals surface area contributed by atoms with Crippen LogP contribution in [-0.4, -0.2) is 18.8 Å². The first kappa shape index (κ1) is 13.7. The maximum Gasteiger partial charge on any atom is 0.161 e. The van der Waals surface area contributed by atoms with Gasteiger partial charge >= 0.3 is 0 Å². The van der Waals surface area contributed by atoms with Crippen LogP contribution in [-0.2, 0) is 0 Å². The van der Waals surface area contributed by atoms with Gasteiger partial charge in [0.1, 0.15) is 12.7 Å². The minimum Gasteiger partial charge on any atom is -0.493 e. The molecule has 0 amide bonds. The van der Waals surface area contributed by atoms with Gasteiger partial charge in [0.2, 0.25) is 0 Å². The molecule has 0 aromatic heterocycles. The van der Waals surface area contributed by atoms with Gasteiger partial charge in [0.15, 0.2) is 11.5 Å². The molecule has 19 heavy (non-hydrogen) atoms. The van der Waals surface area contributed by atoms with E-state index in [0.29, 0.717) is 16.5 Å². The van der Waals surface area contributed by atoms with Gasteiger partial charge < -0.3 is 14.6 Å². The summed E-state index contributed by atoms with van der Waals surface area (Å²) >= 11 is 5.88. The van der Waals surface area contributed by atoms with Crippen LogP contribution in [0, 0.1) is 0 Å². The van der Waals surface area contributed by atoms with Crippen LogP contribution in [0.4, 0.5) is 0 Å². The lowest BCUT2D eigenvalue weighted by molar-refractivity contribution is 0.106. The second kappa shape index (κ2) is 6.45. The van der Waals surface area contributed by atoms with Gasteiger partial charge in [-0.3, -0.25) is 0 Å². The third-order valence-corrected chi connectivity index (χ3v) is 2.93. The Kier molecular flexibility index (Phi) is 4.66. The van der Waals surface area contributed by atoms with E-state index in [0.717, 1.165) is 5.56 Å². The van der Waals surface area contributed by atoms with Crippen molar-refractivity contribution in [1.29, 1.82) is 0 Å². The normalized spacial score (nSPS) is 11.9. The number of benzene rings is 2. The summed E-state index contributed by atoms with van der Waals surface area (Å²) in [5.41, 5.74) is 0.724. The Hall–Kier alpha value is -1.71. The van der Waals surface area contributed by atoms with Crippen LogP contribution in [0.1, 0.15) is 11.7 Å². The summed E-state index contributed by atoms with van der Waals surface area (Å²) in [6.07, 6.45) is -0.733. The first-order chi connectivity index (χ1) is 9.20. The van der Waals surface area contributed by atoms with Gasteiger partial charge in [-0.1, -0.05) is 35.9 Å². The maximum atomic E-state index is 10.0. The van der Waals surface area contributed by atoms with Crippen LogP contribution in [0.3, 0.4) is 0 Å². The molecular weight excluding hydrogens is 264 g/mol. The van der Waals surface area contributed by atoms with E-state index in [2.05, 4.69) is 0 Å². The lowest BCUT2D eigenvalue weighted by atomic mass is 10.1. The molecule has 0 aliphatic carbocycles. The Morgan fingerprint density at radius 1 is 1.11 bits per heavy atom. The van der Waals surface area contributed by atoms with Crippen LogP contribution in [0.2, 0.25) is 5.02 Å². The van der Waals surface area contributed by atoms with Gasteiger partial charge in [-0.25, -0.2) is 0 Å². The van der Waals surface area contributed by atoms with Crippen LogP contribution in [0.5, 0.6) is 11.5 Å². The van der Waals surface area contributed by atoms with Crippen molar-refractivity contribution in [3.05, 3.63) is 59.1 Å². The summed E-state index contributed by atoms with van der Waals surface area (Å²) in [4.78, 5) is 0. The second-order valence-electron chi connectivity index (χ2n) is 4.03. The molecule has 100 valence electrons. The predicted octanol–water partition coefficient (Wildman–Crippen LogP) is 3.46. The van der Waals surface area contributed by atoms with E-state index in [-0.39, 0.29) is 6.61 Å². The number of hydrogen-bond acceptors (Lipinski definition) is 3. The Morgan fingerprint density at radius 2 is 1.84 bits per heavy atom.